The largest absolute Gasteiger partial charge is 0.493 e. The van der Waals surface area contributed by atoms with Gasteiger partial charge in [-0.1, -0.05) is 6.07 Å². The third-order valence-electron chi connectivity index (χ3n) is 4.90. The van der Waals surface area contributed by atoms with Gasteiger partial charge in [-0.2, -0.15) is 0 Å². The van der Waals surface area contributed by atoms with Gasteiger partial charge in [0.25, 0.3) is 0 Å². The van der Waals surface area contributed by atoms with E-state index < -0.39 is 0 Å². The van der Waals surface area contributed by atoms with Gasteiger partial charge in [0.1, 0.15) is 0 Å². The van der Waals surface area contributed by atoms with Crippen molar-refractivity contribution in [3.8, 4) is 11.5 Å². The highest BCUT2D eigenvalue weighted by Crippen LogP contribution is 2.50. The summed E-state index contributed by atoms with van der Waals surface area (Å²) in [7, 11) is 3.25. The first kappa shape index (κ1) is 15.7. The summed E-state index contributed by atoms with van der Waals surface area (Å²) in [6.07, 6.45) is 2.59. The molecule has 2 aromatic rings. The molecular formula is C19H21N3O3. The van der Waals surface area contributed by atoms with Crippen LogP contribution in [0, 0.1) is 5.92 Å². The molecule has 6 heteroatoms. The molecular weight excluding hydrogens is 318 g/mol. The van der Waals surface area contributed by atoms with E-state index in [0.29, 0.717) is 18.0 Å². The molecule has 25 heavy (non-hydrogen) atoms. The van der Waals surface area contributed by atoms with Crippen LogP contribution in [0.15, 0.2) is 36.5 Å². The number of pyridine rings is 1. The van der Waals surface area contributed by atoms with Gasteiger partial charge in [0.2, 0.25) is 5.91 Å². The number of hydrogen-bond donors (Lipinski definition) is 1. The van der Waals surface area contributed by atoms with E-state index in [-0.39, 0.29) is 17.7 Å². The number of fused-ring (bicyclic) bond motifs is 1. The Hall–Kier alpha value is -2.76. The molecule has 130 valence electrons. The van der Waals surface area contributed by atoms with Gasteiger partial charge in [-0.25, -0.2) is 4.98 Å². The van der Waals surface area contributed by atoms with Crippen LogP contribution in [0.1, 0.15) is 17.9 Å². The zero-order valence-corrected chi connectivity index (χ0v) is 14.4. The highest BCUT2D eigenvalue weighted by atomic mass is 16.5. The zero-order chi connectivity index (χ0) is 17.4. The summed E-state index contributed by atoms with van der Waals surface area (Å²) in [5.41, 5.74) is 2.04. The number of aromatic nitrogens is 1. The third-order valence-corrected chi connectivity index (χ3v) is 4.90. The number of nitrogens with one attached hydrogen (secondary N) is 1. The first-order chi connectivity index (χ1) is 12.2. The molecule has 1 fully saturated rings. The van der Waals surface area contributed by atoms with E-state index in [2.05, 4.69) is 10.3 Å². The fraction of sp³-hybridized carbons (Fsp3) is 0.368. The number of benzene rings is 1. The number of methoxy groups -OCH3 is 2. The lowest BCUT2D eigenvalue weighted by atomic mass is 10.1. The molecule has 0 spiro atoms. The number of hydrogen-bond acceptors (Lipinski definition) is 5. The van der Waals surface area contributed by atoms with Gasteiger partial charge in [-0.3, -0.25) is 9.69 Å². The molecule has 1 amide bonds. The Balaban J connectivity index is 1.53. The Labute approximate surface area is 146 Å². The van der Waals surface area contributed by atoms with Crippen LogP contribution in [-0.2, 0) is 4.79 Å². The van der Waals surface area contributed by atoms with Crippen LogP contribution >= 0.6 is 0 Å². The van der Waals surface area contributed by atoms with Crippen LogP contribution in [-0.4, -0.2) is 38.2 Å². The lowest BCUT2D eigenvalue weighted by Gasteiger charge is -2.29. The molecule has 4 rings (SSSR count). The number of anilines is 2. The van der Waals surface area contributed by atoms with E-state index in [1.165, 1.54) is 0 Å². The van der Waals surface area contributed by atoms with Crippen molar-refractivity contribution in [2.45, 2.75) is 12.3 Å². The average molecular weight is 339 g/mol. The van der Waals surface area contributed by atoms with E-state index in [4.69, 9.17) is 9.47 Å². The van der Waals surface area contributed by atoms with Crippen LogP contribution in [0.4, 0.5) is 11.5 Å². The summed E-state index contributed by atoms with van der Waals surface area (Å²) < 4.78 is 10.7. The lowest BCUT2D eigenvalue weighted by Crippen LogP contribution is -2.40. The summed E-state index contributed by atoms with van der Waals surface area (Å²) in [5.74, 6) is 2.53. The topological polar surface area (TPSA) is 63.7 Å². The van der Waals surface area contributed by atoms with Crippen LogP contribution in [0.25, 0.3) is 0 Å². The molecule has 1 aliphatic carbocycles. The highest BCUT2D eigenvalue weighted by molar-refractivity contribution is 5.99. The minimum atomic E-state index is 0.00561. The highest BCUT2D eigenvalue weighted by Gasteiger charge is 2.47. The molecule has 2 unspecified atom stereocenters. The van der Waals surface area contributed by atoms with Gasteiger partial charge in [-0.15, -0.1) is 0 Å². The molecule has 0 bridgehead atoms. The van der Waals surface area contributed by atoms with Crippen molar-refractivity contribution in [2.24, 2.45) is 5.92 Å². The first-order valence-corrected chi connectivity index (χ1v) is 8.45. The van der Waals surface area contributed by atoms with Gasteiger partial charge in [0, 0.05) is 25.2 Å². The van der Waals surface area contributed by atoms with Crippen molar-refractivity contribution in [3.05, 3.63) is 42.1 Å². The van der Waals surface area contributed by atoms with E-state index in [1.54, 1.807) is 20.4 Å². The Morgan fingerprint density at radius 1 is 1.24 bits per heavy atom. The van der Waals surface area contributed by atoms with Gasteiger partial charge < -0.3 is 14.8 Å². The molecule has 2 heterocycles. The SMILES string of the molecule is COc1ccc(C2CC2C(=O)N2CCNc3cccnc32)cc1OC. The molecule has 1 N–H and O–H groups in total. The Morgan fingerprint density at radius 2 is 2.08 bits per heavy atom. The third kappa shape index (κ3) is 2.77. The second kappa shape index (κ2) is 6.27. The van der Waals surface area contributed by atoms with Gasteiger partial charge >= 0.3 is 0 Å². The molecule has 0 saturated heterocycles. The summed E-state index contributed by atoms with van der Waals surface area (Å²) in [6, 6.07) is 9.73. The summed E-state index contributed by atoms with van der Waals surface area (Å²) in [5, 5.41) is 3.29. The van der Waals surface area contributed by atoms with Crippen LogP contribution in [0.2, 0.25) is 0 Å². The maximum Gasteiger partial charge on any atom is 0.232 e. The van der Waals surface area contributed by atoms with E-state index in [1.807, 2.05) is 35.2 Å². The number of ether oxygens (including phenoxy) is 2. The molecule has 0 radical (unpaired) electrons. The van der Waals surface area contributed by atoms with Crippen LogP contribution in [0.3, 0.4) is 0 Å². The van der Waals surface area contributed by atoms with Gasteiger partial charge in [0.15, 0.2) is 17.3 Å². The van der Waals surface area contributed by atoms with Crippen molar-refractivity contribution < 1.29 is 14.3 Å². The van der Waals surface area contributed by atoms with Crippen molar-refractivity contribution in [2.75, 3.05) is 37.5 Å². The Kier molecular flexibility index (Phi) is 3.95. The quantitative estimate of drug-likeness (QED) is 0.928. The maximum absolute atomic E-state index is 13.0. The predicted molar refractivity (Wildman–Crippen MR) is 95.5 cm³/mol. The second-order valence-electron chi connectivity index (χ2n) is 6.35. The fourth-order valence-electron chi connectivity index (χ4n) is 3.49. The molecule has 1 saturated carbocycles. The van der Waals surface area contributed by atoms with Crippen LogP contribution in [0.5, 0.6) is 11.5 Å². The predicted octanol–water partition coefficient (Wildman–Crippen LogP) is 2.66. The summed E-state index contributed by atoms with van der Waals surface area (Å²) in [4.78, 5) is 19.2. The van der Waals surface area contributed by atoms with Crippen molar-refractivity contribution >= 4 is 17.4 Å². The molecule has 1 aliphatic heterocycles. The standard InChI is InChI=1S/C19H21N3O3/c1-24-16-6-5-12(10-17(16)25-2)13-11-14(13)19(23)22-9-8-20-15-4-3-7-21-18(15)22/h3-7,10,13-14,20H,8-9,11H2,1-2H3. The zero-order valence-electron chi connectivity index (χ0n) is 14.4. The van der Waals surface area contributed by atoms with E-state index >= 15 is 0 Å². The minimum absolute atomic E-state index is 0.00561. The molecule has 2 atom stereocenters. The van der Waals surface area contributed by atoms with E-state index in [0.717, 1.165) is 30.0 Å². The lowest BCUT2D eigenvalue weighted by molar-refractivity contribution is -0.119. The number of carbonyl (C=O) groups excluding carboxylic acids is 1. The van der Waals surface area contributed by atoms with Gasteiger partial charge in [0.05, 0.1) is 19.9 Å². The molecule has 6 nitrogen and oxygen atoms in total. The normalized spacial score (nSPS) is 21.1. The fourth-order valence-corrected chi connectivity index (χ4v) is 3.49. The maximum atomic E-state index is 13.0. The molecule has 1 aromatic heterocycles. The van der Waals surface area contributed by atoms with Crippen molar-refractivity contribution in [3.63, 3.8) is 0 Å². The molecule has 1 aromatic carbocycles. The summed E-state index contributed by atoms with van der Waals surface area (Å²) in [6.45, 7) is 1.40. The number of carbonyl (C=O) groups is 1. The Morgan fingerprint density at radius 3 is 2.88 bits per heavy atom. The van der Waals surface area contributed by atoms with Crippen LogP contribution < -0.4 is 19.7 Å². The number of nitrogens with zero attached hydrogens (tertiary/aromatic N) is 2. The average Bonchev–Trinajstić information content (AvgIpc) is 3.47. The number of amides is 1. The Bertz CT molecular complexity index is 808. The van der Waals surface area contributed by atoms with E-state index in [9.17, 15) is 4.79 Å². The number of rotatable bonds is 4. The van der Waals surface area contributed by atoms with Crippen molar-refractivity contribution in [1.82, 2.24) is 4.98 Å². The smallest absolute Gasteiger partial charge is 0.232 e. The monoisotopic (exact) mass is 339 g/mol. The van der Waals surface area contributed by atoms with Crippen molar-refractivity contribution in [1.29, 1.82) is 0 Å². The summed E-state index contributed by atoms with van der Waals surface area (Å²) >= 11 is 0. The van der Waals surface area contributed by atoms with Gasteiger partial charge in [-0.05, 0) is 42.2 Å². The second-order valence-corrected chi connectivity index (χ2v) is 6.35. The minimum Gasteiger partial charge on any atom is -0.493 e. The first-order valence-electron chi connectivity index (χ1n) is 8.45. The molecule has 2 aliphatic rings.